The minimum absolute atomic E-state index is 0.333. The van der Waals surface area contributed by atoms with E-state index < -0.39 is 0 Å². The highest BCUT2D eigenvalue weighted by atomic mass is 35.5. The van der Waals surface area contributed by atoms with Crippen LogP contribution in [0.15, 0.2) is 46.5 Å². The molecule has 170 valence electrons. The first kappa shape index (κ1) is 22.5. The molecule has 0 radical (unpaired) electrons. The fourth-order valence-corrected chi connectivity index (χ4v) is 6.23. The molecule has 0 aromatic heterocycles. The summed E-state index contributed by atoms with van der Waals surface area (Å²) in [5, 5.41) is 13.0. The lowest BCUT2D eigenvalue weighted by molar-refractivity contribution is -0.0445. The van der Waals surface area contributed by atoms with Crippen LogP contribution in [0, 0.1) is 11.2 Å². The van der Waals surface area contributed by atoms with Gasteiger partial charge in [-0.25, -0.2) is 4.39 Å². The third-order valence-corrected chi connectivity index (χ3v) is 8.26. The summed E-state index contributed by atoms with van der Waals surface area (Å²) in [5.74, 6) is 1.35. The number of halogens is 3. The van der Waals surface area contributed by atoms with Crippen LogP contribution in [0.3, 0.4) is 0 Å². The van der Waals surface area contributed by atoms with E-state index in [9.17, 15) is 4.39 Å². The second-order valence-corrected chi connectivity index (χ2v) is 11.0. The van der Waals surface area contributed by atoms with E-state index >= 15 is 0 Å². The molecular weight excluding hydrogens is 488 g/mol. The molecule has 0 saturated carbocycles. The number of nitrogens with one attached hydrogen (secondary N) is 4. The highest BCUT2D eigenvalue weighted by Crippen LogP contribution is 2.36. The van der Waals surface area contributed by atoms with Crippen molar-refractivity contribution in [1.29, 1.82) is 0 Å². The van der Waals surface area contributed by atoms with Gasteiger partial charge in [-0.3, -0.25) is 4.90 Å². The molecule has 0 aliphatic carbocycles. The summed E-state index contributed by atoms with van der Waals surface area (Å²) in [6.45, 7) is 5.82. The third-order valence-electron chi connectivity index (χ3n) is 6.02. The Hall–Kier alpha value is -1.29. The van der Waals surface area contributed by atoms with E-state index in [1.165, 1.54) is 23.6 Å². The van der Waals surface area contributed by atoms with E-state index in [0.717, 1.165) is 50.0 Å². The van der Waals surface area contributed by atoms with Gasteiger partial charge < -0.3 is 20.7 Å². The fourth-order valence-electron chi connectivity index (χ4n) is 4.29. The number of nitrogens with zero attached hydrogens (tertiary/aromatic N) is 1. The second kappa shape index (κ2) is 9.52. The van der Waals surface area contributed by atoms with Gasteiger partial charge >= 0.3 is 0 Å². The Morgan fingerprint density at radius 3 is 2.75 bits per heavy atom. The van der Waals surface area contributed by atoms with Gasteiger partial charge in [0.05, 0.1) is 21.5 Å². The van der Waals surface area contributed by atoms with Crippen LogP contribution in [0.4, 0.5) is 10.1 Å². The van der Waals surface area contributed by atoms with E-state index in [2.05, 4.69) is 31.6 Å². The molecule has 2 fully saturated rings. The topological polar surface area (TPSA) is 51.4 Å². The maximum absolute atomic E-state index is 14.7. The smallest absolute Gasteiger partial charge is 0.140 e. The zero-order valence-electron chi connectivity index (χ0n) is 17.3. The number of rotatable bonds is 8. The monoisotopic (exact) mass is 511 g/mol. The Morgan fingerprint density at radius 2 is 2.03 bits per heavy atom. The molecule has 3 aliphatic heterocycles. The standard InChI is InChI=1S/C22H24Cl2FN5S2/c23-16-3-1-2-14(7-30-11-22(12-30)9-26-10-22)15(16)6-27-19-5-18(25)20(4-17(19)24)32-29-21-8-31-13-28-21/h1-5,8,26-29H,6-7,9-13H2. The molecule has 10 heteroatoms. The van der Waals surface area contributed by atoms with E-state index in [1.807, 2.05) is 17.5 Å². The summed E-state index contributed by atoms with van der Waals surface area (Å²) in [5.41, 5.74) is 3.25. The van der Waals surface area contributed by atoms with Gasteiger partial charge in [0.25, 0.3) is 0 Å². The molecule has 0 amide bonds. The van der Waals surface area contributed by atoms with Crippen molar-refractivity contribution in [3.63, 3.8) is 0 Å². The SMILES string of the molecule is Fc1cc(NCc2c(Cl)cccc2CN2CC3(CNC3)C2)c(Cl)cc1SNC1=CSCN1. The average Bonchev–Trinajstić information content (AvgIpc) is 3.23. The molecule has 0 unspecified atom stereocenters. The van der Waals surface area contributed by atoms with E-state index in [1.54, 1.807) is 17.8 Å². The molecule has 1 spiro atoms. The zero-order chi connectivity index (χ0) is 22.1. The normalized spacial score (nSPS) is 19.2. The van der Waals surface area contributed by atoms with E-state index in [0.29, 0.717) is 32.6 Å². The molecule has 2 aromatic carbocycles. The van der Waals surface area contributed by atoms with Crippen molar-refractivity contribution in [1.82, 2.24) is 20.3 Å². The third kappa shape index (κ3) is 4.81. The first-order valence-electron chi connectivity index (χ1n) is 10.4. The molecule has 32 heavy (non-hydrogen) atoms. The van der Waals surface area contributed by atoms with E-state index in [-0.39, 0.29) is 5.82 Å². The van der Waals surface area contributed by atoms with Crippen molar-refractivity contribution in [2.45, 2.75) is 18.0 Å². The predicted molar refractivity (Wildman–Crippen MR) is 133 cm³/mol. The predicted octanol–water partition coefficient (Wildman–Crippen LogP) is 4.84. The zero-order valence-corrected chi connectivity index (χ0v) is 20.5. The molecule has 3 heterocycles. The summed E-state index contributed by atoms with van der Waals surface area (Å²) in [6.07, 6.45) is 0. The largest absolute Gasteiger partial charge is 0.380 e. The van der Waals surface area contributed by atoms with Gasteiger partial charge in [-0.1, -0.05) is 35.3 Å². The van der Waals surface area contributed by atoms with Crippen molar-refractivity contribution in [3.8, 4) is 0 Å². The Balaban J connectivity index is 1.23. The minimum Gasteiger partial charge on any atom is -0.380 e. The van der Waals surface area contributed by atoms with Crippen LogP contribution in [0.25, 0.3) is 0 Å². The van der Waals surface area contributed by atoms with Crippen LogP contribution < -0.4 is 20.7 Å². The molecule has 2 aromatic rings. The first-order chi connectivity index (χ1) is 15.5. The summed E-state index contributed by atoms with van der Waals surface area (Å²) < 4.78 is 17.8. The number of likely N-dealkylation sites (tertiary alicyclic amines) is 1. The highest BCUT2D eigenvalue weighted by Gasteiger charge is 2.47. The Labute approximate surface area is 206 Å². The maximum atomic E-state index is 14.7. The van der Waals surface area contributed by atoms with Gasteiger partial charge in [0.15, 0.2) is 0 Å². The van der Waals surface area contributed by atoms with Gasteiger partial charge in [-0.2, -0.15) is 0 Å². The number of thioether (sulfide) groups is 1. The van der Waals surface area contributed by atoms with Crippen molar-refractivity contribution < 1.29 is 4.39 Å². The number of hydrogen-bond donors (Lipinski definition) is 4. The molecule has 4 N–H and O–H groups in total. The van der Waals surface area contributed by atoms with Crippen LogP contribution in [0.1, 0.15) is 11.1 Å². The molecule has 3 aliphatic rings. The molecule has 0 atom stereocenters. The summed E-state index contributed by atoms with van der Waals surface area (Å²) in [6, 6.07) is 9.08. The van der Waals surface area contributed by atoms with Crippen molar-refractivity contribution in [3.05, 3.63) is 68.6 Å². The van der Waals surface area contributed by atoms with Crippen molar-refractivity contribution >= 4 is 52.6 Å². The summed E-state index contributed by atoms with van der Waals surface area (Å²) >= 11 is 15.8. The lowest BCUT2D eigenvalue weighted by Crippen LogP contribution is -2.70. The summed E-state index contributed by atoms with van der Waals surface area (Å²) in [4.78, 5) is 2.89. The second-order valence-electron chi connectivity index (χ2n) is 8.47. The van der Waals surface area contributed by atoms with Gasteiger partial charge in [0.1, 0.15) is 11.6 Å². The quantitative estimate of drug-likeness (QED) is 0.378. The Morgan fingerprint density at radius 1 is 1.19 bits per heavy atom. The average molecular weight is 513 g/mol. The maximum Gasteiger partial charge on any atom is 0.140 e. The van der Waals surface area contributed by atoms with Gasteiger partial charge in [-0.05, 0) is 41.3 Å². The molecule has 2 saturated heterocycles. The van der Waals surface area contributed by atoms with Gasteiger partial charge in [0, 0.05) is 55.1 Å². The van der Waals surface area contributed by atoms with E-state index in [4.69, 9.17) is 23.2 Å². The number of benzene rings is 2. The van der Waals surface area contributed by atoms with Crippen LogP contribution in [-0.4, -0.2) is 37.0 Å². The first-order valence-corrected chi connectivity index (χ1v) is 13.0. The molecule has 5 rings (SSSR count). The molecule has 0 bridgehead atoms. The van der Waals surface area contributed by atoms with Crippen molar-refractivity contribution in [2.75, 3.05) is 37.4 Å². The van der Waals surface area contributed by atoms with Gasteiger partial charge in [0.2, 0.25) is 0 Å². The minimum atomic E-state index is -0.333. The van der Waals surface area contributed by atoms with Crippen molar-refractivity contribution in [2.24, 2.45) is 5.41 Å². The highest BCUT2D eigenvalue weighted by molar-refractivity contribution is 8.02. The molecule has 5 nitrogen and oxygen atoms in total. The van der Waals surface area contributed by atoms with Crippen LogP contribution in [-0.2, 0) is 13.1 Å². The number of anilines is 1. The van der Waals surface area contributed by atoms with Crippen LogP contribution >= 0.6 is 46.9 Å². The molecular formula is C22H24Cl2FN5S2. The Kier molecular flexibility index (Phi) is 6.70. The van der Waals surface area contributed by atoms with Gasteiger partial charge in [-0.15, -0.1) is 11.8 Å². The number of hydrogen-bond acceptors (Lipinski definition) is 7. The lowest BCUT2D eigenvalue weighted by Gasteiger charge is -2.56. The lowest BCUT2D eigenvalue weighted by atomic mass is 9.74. The van der Waals surface area contributed by atoms with Crippen LogP contribution in [0.2, 0.25) is 10.0 Å². The van der Waals surface area contributed by atoms with Crippen LogP contribution in [0.5, 0.6) is 0 Å². The summed E-state index contributed by atoms with van der Waals surface area (Å²) in [7, 11) is 0. The fraction of sp³-hybridized carbons (Fsp3) is 0.364. The Bertz CT molecular complexity index is 1040.